The first kappa shape index (κ1) is 22.1. The van der Waals surface area contributed by atoms with Crippen molar-refractivity contribution in [2.45, 2.75) is 78.1 Å². The topological polar surface area (TPSA) is 54.0 Å². The van der Waals surface area contributed by atoms with Gasteiger partial charge in [0.25, 0.3) is 0 Å². The Morgan fingerprint density at radius 2 is 1.79 bits per heavy atom. The third-order valence-corrected chi connectivity index (χ3v) is 10.9. The van der Waals surface area contributed by atoms with E-state index >= 15 is 0 Å². The molecule has 0 aromatic rings. The Morgan fingerprint density at radius 1 is 1.21 bits per heavy atom. The summed E-state index contributed by atoms with van der Waals surface area (Å²) in [5.74, 6) is 0. The van der Waals surface area contributed by atoms with Crippen molar-refractivity contribution < 1.29 is 22.6 Å². The van der Waals surface area contributed by atoms with Crippen LogP contribution in [0.5, 0.6) is 0 Å². The Labute approximate surface area is 148 Å². The van der Waals surface area contributed by atoms with E-state index in [9.17, 15) is 4.57 Å². The Balaban J connectivity index is 2.79. The van der Waals surface area contributed by atoms with Gasteiger partial charge in [-0.25, -0.2) is 4.57 Å². The molecule has 0 fully saturated rings. The normalized spacial score (nSPS) is 20.1. The largest absolute Gasteiger partial charge is 0.475 e. The van der Waals surface area contributed by atoms with Gasteiger partial charge in [-0.3, -0.25) is 13.6 Å². The maximum atomic E-state index is 12.7. The monoisotopic (exact) mass is 378 g/mol. The van der Waals surface area contributed by atoms with E-state index in [0.29, 0.717) is 19.8 Å². The lowest BCUT2D eigenvalue weighted by Gasteiger charge is -2.37. The van der Waals surface area contributed by atoms with Crippen LogP contribution in [0, 0.1) is 0 Å². The Bertz CT molecular complexity index is 460. The van der Waals surface area contributed by atoms with E-state index in [2.05, 4.69) is 39.9 Å². The molecular formula is C17H35O5PSi. The molecule has 0 aromatic heterocycles. The van der Waals surface area contributed by atoms with Crippen molar-refractivity contribution in [3.63, 3.8) is 0 Å². The van der Waals surface area contributed by atoms with Crippen molar-refractivity contribution in [1.82, 2.24) is 0 Å². The second kappa shape index (κ2) is 9.11. The molecule has 5 nitrogen and oxygen atoms in total. The quantitative estimate of drug-likeness (QED) is 0.293. The minimum absolute atomic E-state index is 0.157. The van der Waals surface area contributed by atoms with Gasteiger partial charge < -0.3 is 4.43 Å². The predicted octanol–water partition coefficient (Wildman–Crippen LogP) is 5.68. The van der Waals surface area contributed by atoms with E-state index in [4.69, 9.17) is 18.0 Å². The average Bonchev–Trinajstić information content (AvgIpc) is 2.45. The molecule has 1 unspecified atom stereocenters. The van der Waals surface area contributed by atoms with Crippen LogP contribution in [0.3, 0.4) is 0 Å². The van der Waals surface area contributed by atoms with Crippen LogP contribution in [-0.2, 0) is 22.6 Å². The van der Waals surface area contributed by atoms with Gasteiger partial charge in [0.1, 0.15) is 0 Å². The first-order valence-corrected chi connectivity index (χ1v) is 13.3. The molecule has 0 heterocycles. The van der Waals surface area contributed by atoms with Gasteiger partial charge in [-0.1, -0.05) is 26.8 Å². The highest BCUT2D eigenvalue weighted by atomic mass is 31.2. The van der Waals surface area contributed by atoms with E-state index in [1.54, 1.807) is 13.8 Å². The molecule has 0 spiro atoms. The summed E-state index contributed by atoms with van der Waals surface area (Å²) in [6, 6.07) is 0. The second-order valence-electron chi connectivity index (χ2n) is 7.64. The van der Waals surface area contributed by atoms with Crippen LogP contribution in [0.25, 0.3) is 0 Å². The highest BCUT2D eigenvalue weighted by Gasteiger charge is 2.38. The lowest BCUT2D eigenvalue weighted by molar-refractivity contribution is 0.0862. The van der Waals surface area contributed by atoms with Crippen molar-refractivity contribution in [3.8, 4) is 0 Å². The fourth-order valence-corrected chi connectivity index (χ4v) is 4.57. The molecule has 1 rings (SSSR count). The van der Waals surface area contributed by atoms with Crippen LogP contribution in [0.2, 0.25) is 18.1 Å². The summed E-state index contributed by atoms with van der Waals surface area (Å²) in [5, 5.41) is 0.157. The van der Waals surface area contributed by atoms with Crippen LogP contribution in [-0.4, -0.2) is 34.2 Å². The molecule has 142 valence electrons. The highest BCUT2D eigenvalue weighted by Crippen LogP contribution is 2.52. The second-order valence-corrected chi connectivity index (χ2v) is 14.1. The van der Waals surface area contributed by atoms with Crippen LogP contribution in [0.4, 0.5) is 0 Å². The predicted molar refractivity (Wildman–Crippen MR) is 101 cm³/mol. The van der Waals surface area contributed by atoms with Gasteiger partial charge in [0.05, 0.1) is 25.9 Å². The van der Waals surface area contributed by atoms with E-state index in [1.807, 2.05) is 0 Å². The molecule has 0 saturated carbocycles. The van der Waals surface area contributed by atoms with Crippen molar-refractivity contribution in [2.75, 3.05) is 19.8 Å². The SMILES string of the molecule is CCOP(=O)(OCC)OC1CCCC=C1CO[Si](C)(C)C(C)(C)C. The van der Waals surface area contributed by atoms with Crippen LogP contribution in [0.15, 0.2) is 11.6 Å². The molecule has 0 N–H and O–H groups in total. The minimum atomic E-state index is -3.51. The van der Waals surface area contributed by atoms with E-state index in [-0.39, 0.29) is 11.1 Å². The zero-order valence-electron chi connectivity index (χ0n) is 16.4. The standard InChI is InChI=1S/C17H35O5PSi/c1-8-19-23(18,20-9-2)22-16-13-11-10-12-15(16)14-21-24(6,7)17(3,4)5/h12,16H,8-11,13-14H2,1-7H3. The van der Waals surface area contributed by atoms with E-state index < -0.39 is 16.1 Å². The molecule has 0 saturated heterocycles. The Morgan fingerprint density at radius 3 is 2.29 bits per heavy atom. The first-order chi connectivity index (χ1) is 11.0. The number of rotatable bonds is 9. The summed E-state index contributed by atoms with van der Waals surface area (Å²) in [7, 11) is -5.34. The summed E-state index contributed by atoms with van der Waals surface area (Å²) in [6.07, 6.45) is 4.73. The Kier molecular flexibility index (Phi) is 8.37. The highest BCUT2D eigenvalue weighted by molar-refractivity contribution is 7.48. The Hall–Kier alpha value is 0.0269. The zero-order chi connectivity index (χ0) is 18.4. The molecule has 1 atom stereocenters. The number of phosphoric ester groups is 1. The molecule has 0 aromatic carbocycles. The number of allylic oxidation sites excluding steroid dienone is 1. The molecular weight excluding hydrogens is 343 g/mol. The van der Waals surface area contributed by atoms with Crippen molar-refractivity contribution in [1.29, 1.82) is 0 Å². The smallest absolute Gasteiger partial charge is 0.413 e. The van der Waals surface area contributed by atoms with Crippen molar-refractivity contribution in [2.24, 2.45) is 0 Å². The molecule has 7 heteroatoms. The number of phosphoric acid groups is 1. The third-order valence-electron chi connectivity index (χ3n) is 4.73. The van der Waals surface area contributed by atoms with Gasteiger partial charge in [0, 0.05) is 0 Å². The fraction of sp³-hybridized carbons (Fsp3) is 0.882. The minimum Gasteiger partial charge on any atom is -0.413 e. The van der Waals surface area contributed by atoms with Gasteiger partial charge in [0.2, 0.25) is 0 Å². The molecule has 1 aliphatic carbocycles. The summed E-state index contributed by atoms with van der Waals surface area (Å²) < 4.78 is 35.3. The number of hydrogen-bond acceptors (Lipinski definition) is 5. The van der Waals surface area contributed by atoms with Gasteiger partial charge in [-0.05, 0) is 56.8 Å². The first-order valence-electron chi connectivity index (χ1n) is 8.95. The molecule has 0 bridgehead atoms. The molecule has 1 aliphatic rings. The summed E-state index contributed by atoms with van der Waals surface area (Å²) >= 11 is 0. The van der Waals surface area contributed by atoms with Crippen LogP contribution >= 0.6 is 7.82 Å². The maximum Gasteiger partial charge on any atom is 0.475 e. The number of hydrogen-bond donors (Lipinski definition) is 0. The molecule has 0 aliphatic heterocycles. The van der Waals surface area contributed by atoms with Gasteiger partial charge in [-0.2, -0.15) is 0 Å². The molecule has 0 radical (unpaired) electrons. The van der Waals surface area contributed by atoms with Gasteiger partial charge in [-0.15, -0.1) is 0 Å². The van der Waals surface area contributed by atoms with Crippen LogP contribution < -0.4 is 0 Å². The van der Waals surface area contributed by atoms with Crippen molar-refractivity contribution >= 4 is 16.1 Å². The maximum absolute atomic E-state index is 12.7. The summed E-state index contributed by atoms with van der Waals surface area (Å²) in [6.45, 7) is 15.8. The van der Waals surface area contributed by atoms with Crippen LogP contribution in [0.1, 0.15) is 53.9 Å². The summed E-state index contributed by atoms with van der Waals surface area (Å²) in [5.41, 5.74) is 1.06. The van der Waals surface area contributed by atoms with E-state index in [0.717, 1.165) is 24.8 Å². The van der Waals surface area contributed by atoms with E-state index in [1.165, 1.54) is 0 Å². The van der Waals surface area contributed by atoms with Gasteiger partial charge >= 0.3 is 7.82 Å². The molecule has 24 heavy (non-hydrogen) atoms. The summed E-state index contributed by atoms with van der Waals surface area (Å²) in [4.78, 5) is 0. The third kappa shape index (κ3) is 6.39. The lowest BCUT2D eigenvalue weighted by Crippen LogP contribution is -2.42. The lowest BCUT2D eigenvalue weighted by atomic mass is 9.97. The average molecular weight is 379 g/mol. The molecule has 0 amide bonds. The zero-order valence-corrected chi connectivity index (χ0v) is 18.3. The fourth-order valence-electron chi connectivity index (χ4n) is 2.23. The van der Waals surface area contributed by atoms with Gasteiger partial charge in [0.15, 0.2) is 8.32 Å². The van der Waals surface area contributed by atoms with Crippen molar-refractivity contribution in [3.05, 3.63) is 11.6 Å².